The van der Waals surface area contributed by atoms with Gasteiger partial charge in [0.05, 0.1) is 6.61 Å². The first-order valence-electron chi connectivity index (χ1n) is 5.75. The Hall–Kier alpha value is -1.97. The van der Waals surface area contributed by atoms with Crippen molar-refractivity contribution in [2.24, 2.45) is 7.05 Å². The quantitative estimate of drug-likeness (QED) is 0.775. The highest BCUT2D eigenvalue weighted by molar-refractivity contribution is 5.25. The normalized spacial score (nSPS) is 10.2. The lowest BCUT2D eigenvalue weighted by Gasteiger charge is -2.07. The summed E-state index contributed by atoms with van der Waals surface area (Å²) in [5, 5.41) is 3.25. The van der Waals surface area contributed by atoms with Crippen LogP contribution < -0.4 is 10.1 Å². The zero-order valence-electron chi connectivity index (χ0n) is 9.97. The van der Waals surface area contributed by atoms with Gasteiger partial charge in [0, 0.05) is 26.0 Å². The summed E-state index contributed by atoms with van der Waals surface area (Å²) in [6.07, 6.45) is 4.65. The molecule has 0 unspecified atom stereocenters. The number of aryl methyl sites for hydroxylation is 1. The standard InChI is InChI=1S/C13H17N3O/c1-16-10-9-15-13(16)14-8-5-11-17-12-6-3-2-4-7-12/h2-4,6-7,9-10H,5,8,11H2,1H3,(H,14,15). The lowest BCUT2D eigenvalue weighted by molar-refractivity contribution is 0.315. The van der Waals surface area contributed by atoms with Crippen LogP contribution in [0.1, 0.15) is 6.42 Å². The van der Waals surface area contributed by atoms with E-state index in [1.54, 1.807) is 6.20 Å². The van der Waals surface area contributed by atoms with Crippen molar-refractivity contribution in [3.05, 3.63) is 42.7 Å². The molecule has 0 aliphatic rings. The van der Waals surface area contributed by atoms with Crippen molar-refractivity contribution < 1.29 is 4.74 Å². The van der Waals surface area contributed by atoms with E-state index in [0.717, 1.165) is 24.7 Å². The van der Waals surface area contributed by atoms with Gasteiger partial charge in [-0.15, -0.1) is 0 Å². The molecule has 0 radical (unpaired) electrons. The Labute approximate surface area is 101 Å². The number of aromatic nitrogens is 2. The molecule has 0 aliphatic heterocycles. The van der Waals surface area contributed by atoms with Gasteiger partial charge in [0.2, 0.25) is 5.95 Å². The average Bonchev–Trinajstić information content (AvgIpc) is 2.76. The molecule has 0 saturated heterocycles. The fourth-order valence-corrected chi connectivity index (χ4v) is 1.52. The van der Waals surface area contributed by atoms with Gasteiger partial charge in [-0.2, -0.15) is 0 Å². The van der Waals surface area contributed by atoms with Crippen LogP contribution in [0.5, 0.6) is 5.75 Å². The molecule has 0 fully saturated rings. The van der Waals surface area contributed by atoms with E-state index in [1.807, 2.05) is 48.1 Å². The van der Waals surface area contributed by atoms with E-state index in [1.165, 1.54) is 0 Å². The Kier molecular flexibility index (Phi) is 4.02. The first-order valence-corrected chi connectivity index (χ1v) is 5.75. The second kappa shape index (κ2) is 5.94. The Morgan fingerprint density at radius 1 is 1.29 bits per heavy atom. The van der Waals surface area contributed by atoms with Crippen LogP contribution in [0.25, 0.3) is 0 Å². The number of imidazole rings is 1. The van der Waals surface area contributed by atoms with E-state index in [0.29, 0.717) is 6.61 Å². The summed E-state index contributed by atoms with van der Waals surface area (Å²) in [5.74, 6) is 1.81. The number of hydrogen-bond donors (Lipinski definition) is 1. The Balaban J connectivity index is 1.63. The summed E-state index contributed by atoms with van der Waals surface area (Å²) >= 11 is 0. The number of anilines is 1. The number of nitrogens with zero attached hydrogens (tertiary/aromatic N) is 2. The van der Waals surface area contributed by atoms with Crippen molar-refractivity contribution >= 4 is 5.95 Å². The summed E-state index contributed by atoms with van der Waals surface area (Å²) in [4.78, 5) is 4.18. The minimum absolute atomic E-state index is 0.710. The third-order valence-corrected chi connectivity index (χ3v) is 2.44. The van der Waals surface area contributed by atoms with E-state index >= 15 is 0 Å². The molecule has 4 nitrogen and oxygen atoms in total. The molecule has 0 bridgehead atoms. The van der Waals surface area contributed by atoms with Crippen molar-refractivity contribution in [3.8, 4) is 5.75 Å². The van der Waals surface area contributed by atoms with Crippen LogP contribution in [0.15, 0.2) is 42.7 Å². The Morgan fingerprint density at radius 3 is 2.82 bits per heavy atom. The summed E-state index contributed by atoms with van der Waals surface area (Å²) in [6, 6.07) is 9.86. The highest BCUT2D eigenvalue weighted by Crippen LogP contribution is 2.08. The predicted molar refractivity (Wildman–Crippen MR) is 68.3 cm³/mol. The first kappa shape index (κ1) is 11.5. The average molecular weight is 231 g/mol. The molecule has 1 aromatic carbocycles. The van der Waals surface area contributed by atoms with Gasteiger partial charge in [-0.25, -0.2) is 4.98 Å². The third kappa shape index (κ3) is 3.52. The predicted octanol–water partition coefficient (Wildman–Crippen LogP) is 2.30. The third-order valence-electron chi connectivity index (χ3n) is 2.44. The maximum Gasteiger partial charge on any atom is 0.202 e. The van der Waals surface area contributed by atoms with Gasteiger partial charge in [0.1, 0.15) is 5.75 Å². The number of benzene rings is 1. The van der Waals surface area contributed by atoms with Crippen molar-refractivity contribution in [1.29, 1.82) is 0 Å². The van der Waals surface area contributed by atoms with Gasteiger partial charge >= 0.3 is 0 Å². The molecule has 0 spiro atoms. The fraction of sp³-hybridized carbons (Fsp3) is 0.308. The van der Waals surface area contributed by atoms with Gasteiger partial charge in [-0.1, -0.05) is 18.2 Å². The van der Waals surface area contributed by atoms with Crippen LogP contribution in [-0.2, 0) is 7.05 Å². The Morgan fingerprint density at radius 2 is 2.12 bits per heavy atom. The molecule has 0 amide bonds. The topological polar surface area (TPSA) is 39.1 Å². The van der Waals surface area contributed by atoms with Crippen LogP contribution in [0.3, 0.4) is 0 Å². The molecule has 1 heterocycles. The summed E-state index contributed by atoms with van der Waals surface area (Å²) in [7, 11) is 1.97. The van der Waals surface area contributed by atoms with Crippen molar-refractivity contribution in [3.63, 3.8) is 0 Å². The largest absolute Gasteiger partial charge is 0.494 e. The molecular weight excluding hydrogens is 214 g/mol. The first-order chi connectivity index (χ1) is 8.36. The van der Waals surface area contributed by atoms with Crippen molar-refractivity contribution in [2.75, 3.05) is 18.5 Å². The molecule has 2 rings (SSSR count). The van der Waals surface area contributed by atoms with E-state index in [-0.39, 0.29) is 0 Å². The van der Waals surface area contributed by atoms with Crippen molar-refractivity contribution in [1.82, 2.24) is 9.55 Å². The smallest absolute Gasteiger partial charge is 0.202 e. The van der Waals surface area contributed by atoms with Crippen LogP contribution >= 0.6 is 0 Å². The zero-order chi connectivity index (χ0) is 11.9. The van der Waals surface area contributed by atoms with Crippen LogP contribution in [-0.4, -0.2) is 22.7 Å². The monoisotopic (exact) mass is 231 g/mol. The van der Waals surface area contributed by atoms with Gasteiger partial charge in [0.15, 0.2) is 0 Å². The lowest BCUT2D eigenvalue weighted by Crippen LogP contribution is -2.10. The molecule has 0 saturated carbocycles. The molecule has 0 atom stereocenters. The minimum Gasteiger partial charge on any atom is -0.494 e. The number of para-hydroxylation sites is 1. The summed E-state index contributed by atoms with van der Waals surface area (Å²) in [6.45, 7) is 1.57. The maximum atomic E-state index is 5.59. The fourth-order valence-electron chi connectivity index (χ4n) is 1.52. The SMILES string of the molecule is Cn1ccnc1NCCCOc1ccccc1. The second-order valence-corrected chi connectivity index (χ2v) is 3.80. The van der Waals surface area contributed by atoms with Crippen LogP contribution in [0, 0.1) is 0 Å². The maximum absolute atomic E-state index is 5.59. The molecule has 0 aliphatic carbocycles. The van der Waals surface area contributed by atoms with Crippen LogP contribution in [0.4, 0.5) is 5.95 Å². The highest BCUT2D eigenvalue weighted by atomic mass is 16.5. The van der Waals surface area contributed by atoms with Gasteiger partial charge < -0.3 is 14.6 Å². The molecule has 1 N–H and O–H groups in total. The summed E-state index contributed by atoms with van der Waals surface area (Å²) in [5.41, 5.74) is 0. The number of hydrogen-bond acceptors (Lipinski definition) is 3. The molecular formula is C13H17N3O. The molecule has 90 valence electrons. The minimum atomic E-state index is 0.710. The van der Waals surface area contributed by atoms with Crippen molar-refractivity contribution in [2.45, 2.75) is 6.42 Å². The van der Waals surface area contributed by atoms with Gasteiger partial charge in [-0.05, 0) is 18.6 Å². The van der Waals surface area contributed by atoms with Gasteiger partial charge in [0.25, 0.3) is 0 Å². The van der Waals surface area contributed by atoms with E-state index in [4.69, 9.17) is 4.74 Å². The molecule has 2 aromatic rings. The lowest BCUT2D eigenvalue weighted by atomic mass is 10.3. The number of nitrogens with one attached hydrogen (secondary N) is 1. The van der Waals surface area contributed by atoms with Crippen LogP contribution in [0.2, 0.25) is 0 Å². The summed E-state index contributed by atoms with van der Waals surface area (Å²) < 4.78 is 7.54. The van der Waals surface area contributed by atoms with E-state index < -0.39 is 0 Å². The second-order valence-electron chi connectivity index (χ2n) is 3.80. The van der Waals surface area contributed by atoms with E-state index in [9.17, 15) is 0 Å². The number of ether oxygens (including phenoxy) is 1. The highest BCUT2D eigenvalue weighted by Gasteiger charge is 1.97. The number of rotatable bonds is 6. The zero-order valence-corrected chi connectivity index (χ0v) is 9.97. The molecule has 17 heavy (non-hydrogen) atoms. The molecule has 4 heteroatoms. The van der Waals surface area contributed by atoms with E-state index in [2.05, 4.69) is 10.3 Å². The van der Waals surface area contributed by atoms with Gasteiger partial charge in [-0.3, -0.25) is 0 Å². The molecule has 1 aromatic heterocycles. The Bertz CT molecular complexity index is 439.